The number of nitrogens with zero attached hydrogens (tertiary/aromatic N) is 1. The van der Waals surface area contributed by atoms with E-state index >= 15 is 0 Å². The van der Waals surface area contributed by atoms with E-state index in [0.29, 0.717) is 30.9 Å². The number of likely N-dealkylation sites (tertiary alicyclic amines) is 1. The number of piperidine rings is 1. The molecule has 1 aliphatic heterocycles. The van der Waals surface area contributed by atoms with E-state index in [4.69, 9.17) is 0 Å². The molecule has 0 bridgehead atoms. The molecule has 2 aromatic rings. The van der Waals surface area contributed by atoms with Gasteiger partial charge >= 0.3 is 12.4 Å². The number of fused-ring (bicyclic) bond motifs is 2. The summed E-state index contributed by atoms with van der Waals surface area (Å²) in [5.41, 5.74) is 0.177. The number of halogens is 6. The third-order valence-corrected chi connectivity index (χ3v) is 9.10. The van der Waals surface area contributed by atoms with Crippen LogP contribution in [0.1, 0.15) is 66.8 Å². The lowest BCUT2D eigenvalue weighted by Crippen LogP contribution is -2.50. The summed E-state index contributed by atoms with van der Waals surface area (Å²) >= 11 is 0. The van der Waals surface area contributed by atoms with Crippen molar-refractivity contribution >= 4 is 5.91 Å². The van der Waals surface area contributed by atoms with Crippen molar-refractivity contribution in [1.82, 2.24) is 10.2 Å². The quantitative estimate of drug-likeness (QED) is 0.438. The van der Waals surface area contributed by atoms with Gasteiger partial charge in [0.25, 0.3) is 0 Å². The molecule has 0 aromatic heterocycles. The summed E-state index contributed by atoms with van der Waals surface area (Å²) < 4.78 is 78.8. The Kier molecular flexibility index (Phi) is 7.03. The van der Waals surface area contributed by atoms with Crippen molar-refractivity contribution in [3.8, 4) is 0 Å². The molecule has 1 amide bonds. The number of hydrogen-bond donors (Lipinski definition) is 1. The van der Waals surface area contributed by atoms with Crippen molar-refractivity contribution in [1.29, 1.82) is 0 Å². The predicted molar refractivity (Wildman–Crippen MR) is 131 cm³/mol. The molecule has 5 rings (SSSR count). The molecule has 1 N–H and O–H groups in total. The number of nitrogens with one attached hydrogen (secondary N) is 1. The summed E-state index contributed by atoms with van der Waals surface area (Å²) in [6, 6.07) is 10.4. The van der Waals surface area contributed by atoms with Crippen molar-refractivity contribution < 1.29 is 31.1 Å². The fourth-order valence-corrected chi connectivity index (χ4v) is 7.01. The van der Waals surface area contributed by atoms with Crippen LogP contribution in [0.25, 0.3) is 0 Å². The molecule has 1 heterocycles. The summed E-state index contributed by atoms with van der Waals surface area (Å²) in [6.45, 7) is 3.85. The van der Waals surface area contributed by atoms with Crippen molar-refractivity contribution in [2.75, 3.05) is 13.1 Å². The Balaban J connectivity index is 1.19. The zero-order valence-electron chi connectivity index (χ0n) is 21.3. The average Bonchev–Trinajstić information content (AvgIpc) is 3.50. The average molecular weight is 539 g/mol. The van der Waals surface area contributed by atoms with Gasteiger partial charge in [-0.25, -0.2) is 0 Å². The Morgan fingerprint density at radius 2 is 1.68 bits per heavy atom. The van der Waals surface area contributed by atoms with Crippen LogP contribution in [0.2, 0.25) is 0 Å². The van der Waals surface area contributed by atoms with Gasteiger partial charge in [-0.1, -0.05) is 31.2 Å². The summed E-state index contributed by atoms with van der Waals surface area (Å²) in [5.74, 6) is -0.132. The first-order valence-corrected chi connectivity index (χ1v) is 13.3. The fourth-order valence-electron chi connectivity index (χ4n) is 7.01. The van der Waals surface area contributed by atoms with Crippen LogP contribution in [0.15, 0.2) is 42.5 Å². The molecular weight excluding hydrogens is 506 g/mol. The highest BCUT2D eigenvalue weighted by molar-refractivity contribution is 5.79. The number of alkyl halides is 6. The summed E-state index contributed by atoms with van der Waals surface area (Å²) in [7, 11) is 0. The van der Waals surface area contributed by atoms with Crippen LogP contribution < -0.4 is 5.32 Å². The van der Waals surface area contributed by atoms with E-state index in [1.54, 1.807) is 0 Å². The monoisotopic (exact) mass is 538 g/mol. The Hall–Kier alpha value is -2.55. The highest BCUT2D eigenvalue weighted by atomic mass is 19.4. The summed E-state index contributed by atoms with van der Waals surface area (Å²) in [4.78, 5) is 15.3. The smallest absolute Gasteiger partial charge is 0.352 e. The Morgan fingerprint density at radius 3 is 2.34 bits per heavy atom. The number of carbonyl (C=O) groups is 1. The molecule has 3 nitrogen and oxygen atoms in total. The molecule has 3 aliphatic rings. The lowest BCUT2D eigenvalue weighted by molar-refractivity contribution is -0.143. The van der Waals surface area contributed by atoms with E-state index in [1.165, 1.54) is 17.5 Å². The molecule has 0 radical (unpaired) electrons. The standard InChI is InChI=1S/C29H32F6N2O/c1-18-17-37(11-10-27(18)9-8-20-4-2-3-5-25(20)27)24-7-6-21(14-24)26(38)36-16-19-12-22(28(30,31)32)15-23(13-19)29(33,34)35/h2-5,12-13,15,18,21,24H,6-11,14,16-17H2,1H3,(H,36,38)/t18-,21-,24+,27-/m0/s1. The second-order valence-corrected chi connectivity index (χ2v) is 11.3. The summed E-state index contributed by atoms with van der Waals surface area (Å²) in [5, 5.41) is 2.59. The van der Waals surface area contributed by atoms with Gasteiger partial charge in [0.2, 0.25) is 5.91 Å². The molecule has 2 fully saturated rings. The number of aryl methyl sites for hydroxylation is 1. The SMILES string of the molecule is C[C@H]1CN([C@@H]2CC[C@H](C(=O)NCc3cc(C(F)(F)F)cc(C(F)(F)F)c3)C2)CC[C@@]12CCc1ccccc12. The molecule has 0 unspecified atom stereocenters. The van der Waals surface area contributed by atoms with Crippen molar-refractivity contribution in [3.05, 3.63) is 70.3 Å². The zero-order chi connectivity index (χ0) is 27.3. The number of hydrogen-bond acceptors (Lipinski definition) is 2. The maximum atomic E-state index is 13.1. The van der Waals surface area contributed by atoms with E-state index in [0.717, 1.165) is 32.4 Å². The van der Waals surface area contributed by atoms with Crippen LogP contribution in [-0.4, -0.2) is 29.9 Å². The molecular formula is C29H32F6N2O. The molecule has 38 heavy (non-hydrogen) atoms. The van der Waals surface area contributed by atoms with Crippen molar-refractivity contribution in [2.45, 2.75) is 75.8 Å². The van der Waals surface area contributed by atoms with Gasteiger partial charge in [-0.15, -0.1) is 0 Å². The van der Waals surface area contributed by atoms with Crippen LogP contribution in [-0.2, 0) is 35.5 Å². The lowest BCUT2D eigenvalue weighted by atomic mass is 9.67. The second-order valence-electron chi connectivity index (χ2n) is 11.3. The van der Waals surface area contributed by atoms with Gasteiger partial charge in [0.05, 0.1) is 11.1 Å². The minimum absolute atomic E-state index is 0.0980. The minimum atomic E-state index is -4.91. The van der Waals surface area contributed by atoms with Crippen LogP contribution in [0.4, 0.5) is 26.3 Å². The topological polar surface area (TPSA) is 32.3 Å². The van der Waals surface area contributed by atoms with Gasteiger partial charge in [-0.3, -0.25) is 4.79 Å². The molecule has 9 heteroatoms. The Bertz CT molecular complexity index is 1160. The highest BCUT2D eigenvalue weighted by Gasteiger charge is 2.47. The Morgan fingerprint density at radius 1 is 1.00 bits per heavy atom. The zero-order valence-corrected chi connectivity index (χ0v) is 21.3. The third kappa shape index (κ3) is 5.18. The highest BCUT2D eigenvalue weighted by Crippen LogP contribution is 2.50. The van der Waals surface area contributed by atoms with Crippen LogP contribution >= 0.6 is 0 Å². The molecule has 4 atom stereocenters. The van der Waals surface area contributed by atoms with Gasteiger partial charge in [-0.05, 0) is 85.9 Å². The first-order chi connectivity index (χ1) is 17.9. The molecule has 1 spiro atoms. The van der Waals surface area contributed by atoms with Gasteiger partial charge < -0.3 is 10.2 Å². The summed E-state index contributed by atoms with van der Waals surface area (Å²) in [6.07, 6.45) is -4.30. The molecule has 206 valence electrons. The van der Waals surface area contributed by atoms with E-state index < -0.39 is 23.5 Å². The van der Waals surface area contributed by atoms with Gasteiger partial charge in [0.15, 0.2) is 0 Å². The molecule has 2 aromatic carbocycles. The van der Waals surface area contributed by atoms with Crippen LogP contribution in [0.3, 0.4) is 0 Å². The number of amides is 1. The number of benzene rings is 2. The second kappa shape index (κ2) is 9.88. The predicted octanol–water partition coefficient (Wildman–Crippen LogP) is 6.74. The maximum absolute atomic E-state index is 13.1. The van der Waals surface area contributed by atoms with E-state index in [1.807, 2.05) is 0 Å². The first-order valence-electron chi connectivity index (χ1n) is 13.3. The van der Waals surface area contributed by atoms with Crippen molar-refractivity contribution in [3.63, 3.8) is 0 Å². The van der Waals surface area contributed by atoms with E-state index in [-0.39, 0.29) is 41.5 Å². The largest absolute Gasteiger partial charge is 0.416 e. The third-order valence-electron chi connectivity index (χ3n) is 9.10. The molecule has 1 saturated carbocycles. The maximum Gasteiger partial charge on any atom is 0.416 e. The van der Waals surface area contributed by atoms with Crippen LogP contribution in [0, 0.1) is 11.8 Å². The van der Waals surface area contributed by atoms with Gasteiger partial charge in [0.1, 0.15) is 0 Å². The van der Waals surface area contributed by atoms with Gasteiger partial charge in [-0.2, -0.15) is 26.3 Å². The van der Waals surface area contributed by atoms with Crippen molar-refractivity contribution in [2.24, 2.45) is 11.8 Å². The molecule has 1 saturated heterocycles. The molecule has 2 aliphatic carbocycles. The van der Waals surface area contributed by atoms with E-state index in [2.05, 4.69) is 41.4 Å². The Labute approximate surface area is 218 Å². The van der Waals surface area contributed by atoms with Gasteiger partial charge in [0, 0.05) is 30.5 Å². The first kappa shape index (κ1) is 27.0. The van der Waals surface area contributed by atoms with Crippen LogP contribution in [0.5, 0.6) is 0 Å². The number of rotatable bonds is 4. The lowest BCUT2D eigenvalue weighted by Gasteiger charge is -2.47. The fraction of sp³-hybridized carbons (Fsp3) is 0.552. The normalized spacial score (nSPS) is 28.0. The van der Waals surface area contributed by atoms with E-state index in [9.17, 15) is 31.1 Å². The minimum Gasteiger partial charge on any atom is -0.352 e. The number of carbonyl (C=O) groups excluding carboxylic acids is 1.